The summed E-state index contributed by atoms with van der Waals surface area (Å²) in [4.78, 5) is 40.8. The summed E-state index contributed by atoms with van der Waals surface area (Å²) in [6.07, 6.45) is 3.25. The molecule has 3 amide bonds. The summed E-state index contributed by atoms with van der Waals surface area (Å²) in [5.41, 5.74) is 1.22. The minimum absolute atomic E-state index is 0.0658. The second-order valence-corrected chi connectivity index (χ2v) is 5.71. The molecular weight excluding hydrogens is 284 g/mol. The number of nitrogens with zero attached hydrogens (tertiary/aromatic N) is 2. The van der Waals surface area contributed by atoms with Crippen molar-refractivity contribution in [1.29, 1.82) is 0 Å². The Labute approximate surface area is 128 Å². The Morgan fingerprint density at radius 2 is 2.09 bits per heavy atom. The van der Waals surface area contributed by atoms with Gasteiger partial charge in [-0.25, -0.2) is 4.98 Å². The van der Waals surface area contributed by atoms with Gasteiger partial charge in [0, 0.05) is 37.8 Å². The standard InChI is InChI=1S/C15H18N4O3/c1-9(20)19-4-2-12(3-5-19)17-15(22)11-6-10-7-13(21)18-14(10)16-8-11/h6,8,12H,2-5,7H2,1H3,(H,17,22)(H,16,18,21). The smallest absolute Gasteiger partial charge is 0.253 e. The van der Waals surface area contributed by atoms with E-state index in [1.165, 1.54) is 6.20 Å². The molecule has 1 fully saturated rings. The van der Waals surface area contributed by atoms with Gasteiger partial charge in [-0.15, -0.1) is 0 Å². The molecule has 1 aromatic heterocycles. The van der Waals surface area contributed by atoms with Gasteiger partial charge in [0.25, 0.3) is 5.91 Å². The molecule has 0 aliphatic carbocycles. The van der Waals surface area contributed by atoms with E-state index in [9.17, 15) is 14.4 Å². The summed E-state index contributed by atoms with van der Waals surface area (Å²) in [5, 5.41) is 5.62. The SMILES string of the molecule is CC(=O)N1CCC(NC(=O)c2cnc3c(c2)CC(=O)N3)CC1. The van der Waals surface area contributed by atoms with Crippen LogP contribution in [0, 0.1) is 0 Å². The average Bonchev–Trinajstić information content (AvgIpc) is 2.86. The Bertz CT molecular complexity index is 636. The lowest BCUT2D eigenvalue weighted by Gasteiger charge is -2.31. The fourth-order valence-corrected chi connectivity index (χ4v) is 2.84. The van der Waals surface area contributed by atoms with Crippen LogP contribution in [0.2, 0.25) is 0 Å². The summed E-state index contributed by atoms with van der Waals surface area (Å²) < 4.78 is 0. The third-order valence-corrected chi connectivity index (χ3v) is 4.11. The molecule has 2 N–H and O–H groups in total. The van der Waals surface area contributed by atoms with E-state index in [-0.39, 0.29) is 30.2 Å². The number of likely N-dealkylation sites (tertiary alicyclic amines) is 1. The maximum absolute atomic E-state index is 12.3. The minimum Gasteiger partial charge on any atom is -0.349 e. The summed E-state index contributed by atoms with van der Waals surface area (Å²) in [5.74, 6) is 0.327. The Morgan fingerprint density at radius 3 is 2.77 bits per heavy atom. The zero-order valence-corrected chi connectivity index (χ0v) is 12.4. The van der Waals surface area contributed by atoms with E-state index in [2.05, 4.69) is 15.6 Å². The van der Waals surface area contributed by atoms with Crippen LogP contribution in [0.1, 0.15) is 35.7 Å². The number of nitrogens with one attached hydrogen (secondary N) is 2. The number of carbonyl (C=O) groups excluding carboxylic acids is 3. The molecular formula is C15H18N4O3. The largest absolute Gasteiger partial charge is 0.349 e. The van der Waals surface area contributed by atoms with Crippen LogP contribution in [0.3, 0.4) is 0 Å². The van der Waals surface area contributed by atoms with Crippen LogP contribution in [-0.2, 0) is 16.0 Å². The van der Waals surface area contributed by atoms with Gasteiger partial charge in [-0.1, -0.05) is 0 Å². The van der Waals surface area contributed by atoms with E-state index in [4.69, 9.17) is 0 Å². The minimum atomic E-state index is -0.184. The topological polar surface area (TPSA) is 91.4 Å². The second-order valence-electron chi connectivity index (χ2n) is 5.71. The third kappa shape index (κ3) is 2.93. The molecule has 22 heavy (non-hydrogen) atoms. The highest BCUT2D eigenvalue weighted by Crippen LogP contribution is 2.21. The Balaban J connectivity index is 1.60. The molecule has 1 aromatic rings. The van der Waals surface area contributed by atoms with Crippen LogP contribution in [-0.4, -0.2) is 46.7 Å². The number of fused-ring (bicyclic) bond motifs is 1. The molecule has 0 atom stereocenters. The first kappa shape index (κ1) is 14.5. The van der Waals surface area contributed by atoms with Gasteiger partial charge < -0.3 is 15.5 Å². The maximum Gasteiger partial charge on any atom is 0.253 e. The van der Waals surface area contributed by atoms with Crippen molar-refractivity contribution in [3.05, 3.63) is 23.4 Å². The Morgan fingerprint density at radius 1 is 1.36 bits per heavy atom. The van der Waals surface area contributed by atoms with Crippen LogP contribution < -0.4 is 10.6 Å². The molecule has 2 aliphatic heterocycles. The number of piperidine rings is 1. The van der Waals surface area contributed by atoms with Crippen molar-refractivity contribution in [1.82, 2.24) is 15.2 Å². The van der Waals surface area contributed by atoms with Crippen LogP contribution in [0.4, 0.5) is 5.82 Å². The predicted octanol–water partition coefficient (Wildman–Crippen LogP) is 0.317. The molecule has 116 valence electrons. The number of anilines is 1. The van der Waals surface area contributed by atoms with Gasteiger partial charge in [0.1, 0.15) is 5.82 Å². The number of hydrogen-bond acceptors (Lipinski definition) is 4. The van der Waals surface area contributed by atoms with Crippen molar-refractivity contribution in [3.8, 4) is 0 Å². The van der Waals surface area contributed by atoms with Crippen molar-refractivity contribution >= 4 is 23.5 Å². The molecule has 7 heteroatoms. The lowest BCUT2D eigenvalue weighted by Crippen LogP contribution is -2.46. The summed E-state index contributed by atoms with van der Waals surface area (Å²) in [6.45, 7) is 2.90. The highest BCUT2D eigenvalue weighted by molar-refractivity contribution is 6.00. The van der Waals surface area contributed by atoms with E-state index < -0.39 is 0 Å². The molecule has 0 bridgehead atoms. The van der Waals surface area contributed by atoms with Gasteiger partial charge >= 0.3 is 0 Å². The van der Waals surface area contributed by atoms with Gasteiger partial charge in [-0.2, -0.15) is 0 Å². The number of pyridine rings is 1. The first-order valence-electron chi connectivity index (χ1n) is 7.38. The first-order chi connectivity index (χ1) is 10.5. The van der Waals surface area contributed by atoms with Crippen molar-refractivity contribution in [2.45, 2.75) is 32.2 Å². The molecule has 7 nitrogen and oxygen atoms in total. The van der Waals surface area contributed by atoms with E-state index in [1.807, 2.05) is 0 Å². The monoisotopic (exact) mass is 302 g/mol. The van der Waals surface area contributed by atoms with E-state index >= 15 is 0 Å². The van der Waals surface area contributed by atoms with Crippen molar-refractivity contribution in [2.75, 3.05) is 18.4 Å². The number of amides is 3. The molecule has 3 heterocycles. The fraction of sp³-hybridized carbons (Fsp3) is 0.467. The molecule has 2 aliphatic rings. The molecule has 0 aromatic carbocycles. The number of hydrogen-bond donors (Lipinski definition) is 2. The lowest BCUT2D eigenvalue weighted by atomic mass is 10.0. The van der Waals surface area contributed by atoms with E-state index in [0.717, 1.165) is 18.4 Å². The number of rotatable bonds is 2. The fourth-order valence-electron chi connectivity index (χ4n) is 2.84. The molecule has 0 radical (unpaired) electrons. The van der Waals surface area contributed by atoms with Crippen molar-refractivity contribution in [3.63, 3.8) is 0 Å². The van der Waals surface area contributed by atoms with Gasteiger partial charge in [0.2, 0.25) is 11.8 Å². The highest BCUT2D eigenvalue weighted by atomic mass is 16.2. The number of aromatic nitrogens is 1. The zero-order chi connectivity index (χ0) is 15.7. The van der Waals surface area contributed by atoms with Crippen LogP contribution >= 0.6 is 0 Å². The third-order valence-electron chi connectivity index (χ3n) is 4.11. The lowest BCUT2D eigenvalue weighted by molar-refractivity contribution is -0.129. The van der Waals surface area contributed by atoms with Gasteiger partial charge in [0.15, 0.2) is 0 Å². The highest BCUT2D eigenvalue weighted by Gasteiger charge is 2.24. The van der Waals surface area contributed by atoms with Crippen molar-refractivity contribution < 1.29 is 14.4 Å². The molecule has 0 saturated carbocycles. The summed E-state index contributed by atoms with van der Waals surface area (Å²) in [7, 11) is 0. The zero-order valence-electron chi connectivity index (χ0n) is 12.4. The molecule has 1 saturated heterocycles. The molecule has 3 rings (SSSR count). The predicted molar refractivity (Wildman–Crippen MR) is 79.3 cm³/mol. The normalized spacial score (nSPS) is 17.9. The van der Waals surface area contributed by atoms with Gasteiger partial charge in [-0.3, -0.25) is 14.4 Å². The quantitative estimate of drug-likeness (QED) is 0.823. The summed E-state index contributed by atoms with van der Waals surface area (Å²) in [6, 6.07) is 1.77. The van der Waals surface area contributed by atoms with Crippen LogP contribution in [0.25, 0.3) is 0 Å². The van der Waals surface area contributed by atoms with Gasteiger partial charge in [-0.05, 0) is 18.9 Å². The van der Waals surface area contributed by atoms with Gasteiger partial charge in [0.05, 0.1) is 12.0 Å². The second kappa shape index (κ2) is 5.75. The molecule has 0 spiro atoms. The molecule has 0 unspecified atom stereocenters. The maximum atomic E-state index is 12.3. The first-order valence-corrected chi connectivity index (χ1v) is 7.38. The number of carbonyl (C=O) groups is 3. The Kier molecular flexibility index (Phi) is 3.79. The summed E-state index contributed by atoms with van der Waals surface area (Å²) >= 11 is 0. The van der Waals surface area contributed by atoms with Crippen LogP contribution in [0.5, 0.6) is 0 Å². The average molecular weight is 302 g/mol. The van der Waals surface area contributed by atoms with E-state index in [1.54, 1.807) is 17.9 Å². The van der Waals surface area contributed by atoms with Crippen molar-refractivity contribution in [2.24, 2.45) is 0 Å². The Hall–Kier alpha value is -2.44. The van der Waals surface area contributed by atoms with Crippen LogP contribution in [0.15, 0.2) is 12.3 Å². The van der Waals surface area contributed by atoms with E-state index in [0.29, 0.717) is 24.5 Å².